The van der Waals surface area contributed by atoms with Crippen LogP contribution >= 0.6 is 0 Å². The van der Waals surface area contributed by atoms with Crippen molar-refractivity contribution in [3.05, 3.63) is 120 Å². The average Bonchev–Trinajstić information content (AvgIpc) is 3.11. The lowest BCUT2D eigenvalue weighted by Gasteiger charge is -2.38. The molecule has 2 N–H and O–H groups in total. The molecule has 0 saturated carbocycles. The van der Waals surface area contributed by atoms with Gasteiger partial charge in [-0.1, -0.05) is 81.4 Å². The highest BCUT2D eigenvalue weighted by Gasteiger charge is 2.39. The number of piperidine rings is 1. The van der Waals surface area contributed by atoms with Crippen LogP contribution in [0.15, 0.2) is 103 Å². The summed E-state index contributed by atoms with van der Waals surface area (Å²) in [6, 6.07) is 27.9. The highest BCUT2D eigenvalue weighted by Crippen LogP contribution is 2.36. The third-order valence-electron chi connectivity index (χ3n) is 9.23. The molecule has 1 aliphatic rings. The van der Waals surface area contributed by atoms with Crippen molar-refractivity contribution in [1.82, 2.24) is 5.32 Å². The van der Waals surface area contributed by atoms with Crippen molar-refractivity contribution < 1.29 is 32.3 Å². The van der Waals surface area contributed by atoms with Crippen LogP contribution in [0.25, 0.3) is 11.1 Å². The summed E-state index contributed by atoms with van der Waals surface area (Å²) in [5.41, 5.74) is 2.55. The van der Waals surface area contributed by atoms with E-state index >= 15 is 0 Å². The maximum Gasteiger partial charge on any atom is 0.416 e. The molecule has 0 bridgehead atoms. The fourth-order valence-corrected chi connectivity index (χ4v) is 6.49. The summed E-state index contributed by atoms with van der Waals surface area (Å²) in [7, 11) is 1.32. The largest absolute Gasteiger partial charge is 0.467 e. The summed E-state index contributed by atoms with van der Waals surface area (Å²) in [6.07, 6.45) is -2.93. The van der Waals surface area contributed by atoms with Crippen LogP contribution in [-0.4, -0.2) is 44.0 Å². The average molecular weight is 686 g/mol. The quantitative estimate of drug-likeness (QED) is 0.173. The number of esters is 1. The number of carbonyl (C=O) groups excluding carboxylic acids is 3. The molecular formula is C40H42F3N3O4. The molecule has 4 aromatic carbocycles. The predicted octanol–water partition coefficient (Wildman–Crippen LogP) is 8.33. The van der Waals surface area contributed by atoms with E-state index in [9.17, 15) is 27.6 Å². The van der Waals surface area contributed by atoms with Crippen molar-refractivity contribution in [2.24, 2.45) is 11.3 Å². The fourth-order valence-electron chi connectivity index (χ4n) is 6.49. The summed E-state index contributed by atoms with van der Waals surface area (Å²) in [5, 5.41) is 5.91. The van der Waals surface area contributed by atoms with Gasteiger partial charge in [0.05, 0.1) is 18.6 Å². The Kier molecular flexibility index (Phi) is 11.0. The molecular weight excluding hydrogens is 643 g/mol. The lowest BCUT2D eigenvalue weighted by molar-refractivity contribution is -0.148. The minimum absolute atomic E-state index is 0.0511. The Morgan fingerprint density at radius 2 is 1.40 bits per heavy atom. The van der Waals surface area contributed by atoms with Gasteiger partial charge in [-0.05, 0) is 83.3 Å². The smallest absolute Gasteiger partial charge is 0.416 e. The number of amides is 2. The first-order valence-electron chi connectivity index (χ1n) is 16.6. The monoisotopic (exact) mass is 685 g/mol. The van der Waals surface area contributed by atoms with Crippen LogP contribution in [0.5, 0.6) is 0 Å². The van der Waals surface area contributed by atoms with Crippen LogP contribution in [0.3, 0.4) is 0 Å². The third kappa shape index (κ3) is 8.53. The second-order valence-electron chi connectivity index (χ2n) is 13.7. The van der Waals surface area contributed by atoms with Gasteiger partial charge in [-0.3, -0.25) is 9.59 Å². The Bertz CT molecular complexity index is 1780. The van der Waals surface area contributed by atoms with Crippen LogP contribution in [0, 0.1) is 11.3 Å². The molecule has 5 rings (SSSR count). The minimum Gasteiger partial charge on any atom is -0.467 e. The van der Waals surface area contributed by atoms with E-state index in [4.69, 9.17) is 4.74 Å². The molecule has 0 radical (unpaired) electrons. The highest BCUT2D eigenvalue weighted by molar-refractivity contribution is 6.08. The summed E-state index contributed by atoms with van der Waals surface area (Å²) >= 11 is 0. The zero-order valence-corrected chi connectivity index (χ0v) is 28.6. The number of halogens is 3. The van der Waals surface area contributed by atoms with E-state index in [2.05, 4.69) is 15.5 Å². The first-order valence-corrected chi connectivity index (χ1v) is 16.6. The van der Waals surface area contributed by atoms with Gasteiger partial charge in [0, 0.05) is 30.0 Å². The fraction of sp³-hybridized carbons (Fsp3) is 0.325. The molecule has 50 heavy (non-hydrogen) atoms. The molecule has 4 aromatic rings. The second kappa shape index (κ2) is 15.2. The van der Waals surface area contributed by atoms with Crippen LogP contribution < -0.4 is 15.5 Å². The Hall–Kier alpha value is -5.12. The topological polar surface area (TPSA) is 87.7 Å². The van der Waals surface area contributed by atoms with Gasteiger partial charge in [0.25, 0.3) is 5.91 Å². The molecule has 1 fully saturated rings. The van der Waals surface area contributed by atoms with Crippen molar-refractivity contribution in [3.8, 4) is 11.1 Å². The van der Waals surface area contributed by atoms with E-state index in [0.29, 0.717) is 35.5 Å². The van der Waals surface area contributed by atoms with Crippen molar-refractivity contribution >= 4 is 29.2 Å². The molecule has 0 spiro atoms. The second-order valence-corrected chi connectivity index (χ2v) is 13.7. The summed E-state index contributed by atoms with van der Waals surface area (Å²) in [4.78, 5) is 42.0. The van der Waals surface area contributed by atoms with Gasteiger partial charge in [-0.15, -0.1) is 0 Å². The minimum atomic E-state index is -4.44. The van der Waals surface area contributed by atoms with Gasteiger partial charge >= 0.3 is 12.1 Å². The number of nitrogens with one attached hydrogen (secondary N) is 2. The number of hydrogen-bond acceptors (Lipinski definition) is 5. The molecule has 2 unspecified atom stereocenters. The van der Waals surface area contributed by atoms with E-state index < -0.39 is 35.1 Å². The first kappa shape index (κ1) is 36.2. The molecule has 1 aliphatic heterocycles. The lowest BCUT2D eigenvalue weighted by Crippen LogP contribution is -2.52. The standard InChI is InChI=1S/C40H42F3N3O4/c1-39(2,3)35(38(49)50-4)45-37(48)34(27-10-6-5-7-11-27)28-22-24-46(25-23-28)31-20-18-30(19-21-31)44-36(47)33-13-9-8-12-32(33)26-14-16-29(17-15-26)40(41,42)43/h5-21,28,34-35H,22-25H2,1-4H3,(H,44,47)(H,45,48). The van der Waals surface area contributed by atoms with Crippen LogP contribution in [0.1, 0.15) is 61.0 Å². The predicted molar refractivity (Wildman–Crippen MR) is 189 cm³/mol. The van der Waals surface area contributed by atoms with E-state index in [-0.39, 0.29) is 17.7 Å². The number of methoxy groups -OCH3 is 1. The van der Waals surface area contributed by atoms with E-state index in [0.717, 1.165) is 36.2 Å². The summed E-state index contributed by atoms with van der Waals surface area (Å²) in [5.74, 6) is -1.43. The summed E-state index contributed by atoms with van der Waals surface area (Å²) < 4.78 is 44.2. The van der Waals surface area contributed by atoms with Gasteiger partial charge in [0.2, 0.25) is 5.91 Å². The number of anilines is 2. The van der Waals surface area contributed by atoms with E-state index in [1.807, 2.05) is 75.4 Å². The summed E-state index contributed by atoms with van der Waals surface area (Å²) in [6.45, 7) is 7.11. The van der Waals surface area contributed by atoms with Crippen molar-refractivity contribution in [2.75, 3.05) is 30.4 Å². The SMILES string of the molecule is COC(=O)C(NC(=O)C(c1ccccc1)C1CCN(c2ccc(NC(=O)c3ccccc3-c3ccc(C(F)(F)F)cc3)cc2)CC1)C(C)(C)C. The number of rotatable bonds is 9. The molecule has 262 valence electrons. The molecule has 2 amide bonds. The number of nitrogens with zero attached hydrogens (tertiary/aromatic N) is 1. The highest BCUT2D eigenvalue weighted by atomic mass is 19.4. The Morgan fingerprint density at radius 1 is 0.800 bits per heavy atom. The number of benzene rings is 4. The number of hydrogen-bond donors (Lipinski definition) is 2. The first-order chi connectivity index (χ1) is 23.8. The van der Waals surface area contributed by atoms with Crippen LogP contribution in [0.2, 0.25) is 0 Å². The molecule has 2 atom stereocenters. The lowest BCUT2D eigenvalue weighted by atomic mass is 9.78. The third-order valence-corrected chi connectivity index (χ3v) is 9.23. The van der Waals surface area contributed by atoms with Gasteiger partial charge in [-0.2, -0.15) is 13.2 Å². The molecule has 10 heteroatoms. The molecule has 0 aliphatic carbocycles. The van der Waals surface area contributed by atoms with Crippen molar-refractivity contribution in [1.29, 1.82) is 0 Å². The zero-order valence-electron chi connectivity index (χ0n) is 28.6. The molecule has 1 saturated heterocycles. The maximum absolute atomic E-state index is 13.8. The van der Waals surface area contributed by atoms with Crippen LogP contribution in [-0.2, 0) is 20.5 Å². The molecule has 1 heterocycles. The van der Waals surface area contributed by atoms with Gasteiger partial charge in [0.1, 0.15) is 6.04 Å². The number of ether oxygens (including phenoxy) is 1. The number of alkyl halides is 3. The van der Waals surface area contributed by atoms with Gasteiger partial charge < -0.3 is 20.3 Å². The molecule has 7 nitrogen and oxygen atoms in total. The van der Waals surface area contributed by atoms with Crippen molar-refractivity contribution in [2.45, 2.75) is 51.7 Å². The Balaban J connectivity index is 1.24. The number of carbonyl (C=O) groups is 3. The van der Waals surface area contributed by atoms with E-state index in [1.54, 1.807) is 24.3 Å². The Morgan fingerprint density at radius 3 is 1.98 bits per heavy atom. The van der Waals surface area contributed by atoms with Crippen molar-refractivity contribution in [3.63, 3.8) is 0 Å². The zero-order chi connectivity index (χ0) is 36.1. The molecule has 0 aromatic heterocycles. The maximum atomic E-state index is 13.8. The normalized spacial score (nSPS) is 15.1. The van der Waals surface area contributed by atoms with Crippen LogP contribution in [0.4, 0.5) is 24.5 Å². The Labute approximate surface area is 290 Å². The van der Waals surface area contributed by atoms with Gasteiger partial charge in [-0.25, -0.2) is 4.79 Å². The van der Waals surface area contributed by atoms with Gasteiger partial charge in [0.15, 0.2) is 0 Å². The van der Waals surface area contributed by atoms with E-state index in [1.165, 1.54) is 19.2 Å².